The molecule has 1 atom stereocenters. The van der Waals surface area contributed by atoms with Crippen molar-refractivity contribution in [3.63, 3.8) is 0 Å². The Morgan fingerprint density at radius 2 is 1.62 bits per heavy atom. The third-order valence-electron chi connectivity index (χ3n) is 5.16. The van der Waals surface area contributed by atoms with Gasteiger partial charge < -0.3 is 10.1 Å². The highest BCUT2D eigenvalue weighted by Crippen LogP contribution is 2.21. The number of hydrogen-bond donors (Lipinski definition) is 2. The number of hydrogen-bond acceptors (Lipinski definition) is 4. The zero-order chi connectivity index (χ0) is 23.1. The van der Waals surface area contributed by atoms with Crippen LogP contribution in [0.15, 0.2) is 77.7 Å². The van der Waals surface area contributed by atoms with Crippen LogP contribution in [-0.2, 0) is 27.8 Å². The van der Waals surface area contributed by atoms with Crippen molar-refractivity contribution < 1.29 is 17.9 Å². The lowest BCUT2D eigenvalue weighted by molar-refractivity contribution is -0.122. The molecule has 1 unspecified atom stereocenters. The van der Waals surface area contributed by atoms with Crippen LogP contribution in [-0.4, -0.2) is 27.5 Å². The first-order valence-corrected chi connectivity index (χ1v) is 11.8. The van der Waals surface area contributed by atoms with E-state index in [1.54, 1.807) is 13.0 Å². The van der Waals surface area contributed by atoms with Gasteiger partial charge >= 0.3 is 0 Å². The maximum Gasteiger partial charge on any atom is 0.241 e. The van der Waals surface area contributed by atoms with Gasteiger partial charge in [-0.25, -0.2) is 8.42 Å². The van der Waals surface area contributed by atoms with E-state index in [0.29, 0.717) is 17.9 Å². The molecule has 3 aromatic rings. The van der Waals surface area contributed by atoms with Gasteiger partial charge in [0.2, 0.25) is 15.9 Å². The normalized spacial score (nSPS) is 12.2. The van der Waals surface area contributed by atoms with Crippen molar-refractivity contribution >= 4 is 15.9 Å². The number of methoxy groups -OCH3 is 1. The molecule has 1 amide bonds. The molecule has 6 nitrogen and oxygen atoms in total. The maximum absolute atomic E-state index is 13.1. The first-order valence-electron chi connectivity index (χ1n) is 10.3. The van der Waals surface area contributed by atoms with Crippen molar-refractivity contribution in [3.05, 3.63) is 95.1 Å². The predicted molar refractivity (Wildman–Crippen MR) is 125 cm³/mol. The van der Waals surface area contributed by atoms with Crippen molar-refractivity contribution in [1.82, 2.24) is 10.0 Å². The molecule has 7 heteroatoms. The molecule has 32 heavy (non-hydrogen) atoms. The van der Waals surface area contributed by atoms with Gasteiger partial charge in [-0.1, -0.05) is 60.2 Å². The fourth-order valence-corrected chi connectivity index (χ4v) is 4.61. The summed E-state index contributed by atoms with van der Waals surface area (Å²) in [7, 11) is -2.40. The third-order valence-corrected chi connectivity index (χ3v) is 6.63. The molecular weight excluding hydrogens is 424 g/mol. The molecule has 0 saturated heterocycles. The number of sulfonamides is 1. The lowest BCUT2D eigenvalue weighted by atomic mass is 10.1. The van der Waals surface area contributed by atoms with Crippen LogP contribution < -0.4 is 14.8 Å². The molecule has 0 radical (unpaired) electrons. The molecule has 0 heterocycles. The summed E-state index contributed by atoms with van der Waals surface area (Å²) in [5.41, 5.74) is 3.62. The van der Waals surface area contributed by atoms with Gasteiger partial charge in [0.15, 0.2) is 0 Å². The number of carbonyl (C=O) groups is 1. The SMILES string of the molecule is COc1ccc(S(=O)(=O)NC(Cc2ccccc2)C(=O)NCc2ccc(C)cc2)cc1C. The molecular formula is C25H28N2O4S. The molecule has 0 bridgehead atoms. The second kappa shape index (κ2) is 10.4. The van der Waals surface area contributed by atoms with E-state index < -0.39 is 16.1 Å². The Morgan fingerprint density at radius 1 is 0.938 bits per heavy atom. The number of ether oxygens (including phenoxy) is 1. The minimum absolute atomic E-state index is 0.0835. The number of carbonyl (C=O) groups excluding carboxylic acids is 1. The van der Waals surface area contributed by atoms with Crippen molar-refractivity contribution in [1.29, 1.82) is 0 Å². The third kappa shape index (κ3) is 6.18. The Kier molecular flexibility index (Phi) is 7.66. The lowest BCUT2D eigenvalue weighted by Crippen LogP contribution is -2.47. The second-order valence-corrected chi connectivity index (χ2v) is 9.41. The second-order valence-electron chi connectivity index (χ2n) is 7.70. The van der Waals surface area contributed by atoms with E-state index in [2.05, 4.69) is 10.0 Å². The molecule has 0 fully saturated rings. The molecule has 0 saturated carbocycles. The van der Waals surface area contributed by atoms with Gasteiger partial charge in [-0.2, -0.15) is 4.72 Å². The molecule has 0 aliphatic heterocycles. The first-order chi connectivity index (χ1) is 15.3. The Morgan fingerprint density at radius 3 is 2.25 bits per heavy atom. The minimum atomic E-state index is -3.93. The number of nitrogens with one attached hydrogen (secondary N) is 2. The fourth-order valence-electron chi connectivity index (χ4n) is 3.33. The molecule has 0 aliphatic rings. The van der Waals surface area contributed by atoms with Crippen molar-refractivity contribution in [2.75, 3.05) is 7.11 Å². The van der Waals surface area contributed by atoms with Gasteiger partial charge in [0.05, 0.1) is 12.0 Å². The molecule has 2 N–H and O–H groups in total. The summed E-state index contributed by atoms with van der Waals surface area (Å²) in [4.78, 5) is 13.1. The van der Waals surface area contributed by atoms with Crippen LogP contribution in [0.25, 0.3) is 0 Å². The van der Waals surface area contributed by atoms with Crippen LogP contribution in [0.5, 0.6) is 5.75 Å². The highest BCUT2D eigenvalue weighted by atomic mass is 32.2. The molecule has 3 aromatic carbocycles. The summed E-state index contributed by atoms with van der Waals surface area (Å²) < 4.78 is 33.9. The molecule has 168 valence electrons. The van der Waals surface area contributed by atoms with Crippen molar-refractivity contribution in [2.24, 2.45) is 0 Å². The van der Waals surface area contributed by atoms with Gasteiger partial charge in [-0.05, 0) is 55.2 Å². The minimum Gasteiger partial charge on any atom is -0.496 e. The number of aryl methyl sites for hydroxylation is 2. The Hall–Kier alpha value is -3.16. The van der Waals surface area contributed by atoms with Crippen LogP contribution in [0, 0.1) is 13.8 Å². The summed E-state index contributed by atoms with van der Waals surface area (Å²) in [6.07, 6.45) is 0.231. The largest absolute Gasteiger partial charge is 0.496 e. The number of amides is 1. The van der Waals surface area contributed by atoms with E-state index in [1.165, 1.54) is 19.2 Å². The van der Waals surface area contributed by atoms with Crippen molar-refractivity contribution in [3.8, 4) is 5.75 Å². The van der Waals surface area contributed by atoms with Gasteiger partial charge in [-0.15, -0.1) is 0 Å². The molecule has 0 aliphatic carbocycles. The monoisotopic (exact) mass is 452 g/mol. The summed E-state index contributed by atoms with van der Waals surface area (Å²) in [5.74, 6) is 0.212. The Balaban J connectivity index is 1.80. The highest BCUT2D eigenvalue weighted by Gasteiger charge is 2.26. The van der Waals surface area contributed by atoms with E-state index in [1.807, 2.05) is 61.5 Å². The Bertz CT molecular complexity index is 1160. The smallest absolute Gasteiger partial charge is 0.241 e. The zero-order valence-corrected chi connectivity index (χ0v) is 19.3. The van der Waals surface area contributed by atoms with Crippen LogP contribution >= 0.6 is 0 Å². The van der Waals surface area contributed by atoms with Crippen LogP contribution in [0.2, 0.25) is 0 Å². The molecule has 0 spiro atoms. The summed E-state index contributed by atoms with van der Waals surface area (Å²) >= 11 is 0. The maximum atomic E-state index is 13.1. The summed E-state index contributed by atoms with van der Waals surface area (Å²) in [6.45, 7) is 4.08. The van der Waals surface area contributed by atoms with Gasteiger partial charge in [0.25, 0.3) is 0 Å². The highest BCUT2D eigenvalue weighted by molar-refractivity contribution is 7.89. The first kappa shape index (κ1) is 23.5. The molecule has 3 rings (SSSR count). The lowest BCUT2D eigenvalue weighted by Gasteiger charge is -2.19. The van der Waals surface area contributed by atoms with E-state index >= 15 is 0 Å². The van der Waals surface area contributed by atoms with Gasteiger partial charge in [0, 0.05) is 6.54 Å². The zero-order valence-electron chi connectivity index (χ0n) is 18.5. The van der Waals surface area contributed by atoms with E-state index in [0.717, 1.165) is 16.7 Å². The average molecular weight is 453 g/mol. The van der Waals surface area contributed by atoms with Crippen LogP contribution in [0.3, 0.4) is 0 Å². The van der Waals surface area contributed by atoms with Gasteiger partial charge in [0.1, 0.15) is 11.8 Å². The standard InChI is InChI=1S/C25H28N2O4S/c1-18-9-11-21(12-10-18)17-26-25(28)23(16-20-7-5-4-6-8-20)27-32(29,30)22-13-14-24(31-3)19(2)15-22/h4-15,23,27H,16-17H2,1-3H3,(H,26,28). The topological polar surface area (TPSA) is 84.5 Å². The van der Waals surface area contributed by atoms with E-state index in [-0.39, 0.29) is 17.2 Å². The van der Waals surface area contributed by atoms with Crippen molar-refractivity contribution in [2.45, 2.75) is 37.8 Å². The van der Waals surface area contributed by atoms with E-state index in [9.17, 15) is 13.2 Å². The summed E-state index contributed by atoms with van der Waals surface area (Å²) in [6, 6.07) is 20.8. The number of benzene rings is 3. The van der Waals surface area contributed by atoms with E-state index in [4.69, 9.17) is 4.74 Å². The van der Waals surface area contributed by atoms with Crippen LogP contribution in [0.1, 0.15) is 22.3 Å². The molecule has 0 aromatic heterocycles. The quantitative estimate of drug-likeness (QED) is 0.520. The number of rotatable bonds is 9. The average Bonchev–Trinajstić information content (AvgIpc) is 2.78. The Labute approximate surface area is 189 Å². The fraction of sp³-hybridized carbons (Fsp3) is 0.240. The van der Waals surface area contributed by atoms with Crippen LogP contribution in [0.4, 0.5) is 0 Å². The van der Waals surface area contributed by atoms with Gasteiger partial charge in [-0.3, -0.25) is 4.79 Å². The predicted octanol–water partition coefficient (Wildman–Crippen LogP) is 3.52. The summed E-state index contributed by atoms with van der Waals surface area (Å²) in [5, 5.41) is 2.86.